The summed E-state index contributed by atoms with van der Waals surface area (Å²) in [5, 5.41) is 3.63. The molecular weight excluding hydrogens is 230 g/mol. The molecule has 2 aliphatic carbocycles. The SMILES string of the molecule is CCc1ccc(CC)c(C(NC)C2CC3CC3C2)c1. The van der Waals surface area contributed by atoms with Crippen molar-refractivity contribution in [2.75, 3.05) is 7.05 Å². The molecule has 0 amide bonds. The van der Waals surface area contributed by atoms with Gasteiger partial charge in [0.15, 0.2) is 0 Å². The smallest absolute Gasteiger partial charge is 0.0349 e. The van der Waals surface area contributed by atoms with Gasteiger partial charge in [0.25, 0.3) is 0 Å². The summed E-state index contributed by atoms with van der Waals surface area (Å²) in [6, 6.07) is 7.70. The van der Waals surface area contributed by atoms with Crippen molar-refractivity contribution in [1.82, 2.24) is 5.32 Å². The minimum absolute atomic E-state index is 0.578. The zero-order chi connectivity index (χ0) is 13.4. The molecule has 0 aliphatic heterocycles. The summed E-state index contributed by atoms with van der Waals surface area (Å²) in [4.78, 5) is 0. The van der Waals surface area contributed by atoms with Crippen molar-refractivity contribution in [2.24, 2.45) is 17.8 Å². The van der Waals surface area contributed by atoms with Crippen LogP contribution in [0.3, 0.4) is 0 Å². The Morgan fingerprint density at radius 2 is 1.84 bits per heavy atom. The van der Waals surface area contributed by atoms with E-state index in [0.29, 0.717) is 6.04 Å². The van der Waals surface area contributed by atoms with Crippen LogP contribution in [0.15, 0.2) is 18.2 Å². The summed E-state index contributed by atoms with van der Waals surface area (Å²) in [6.45, 7) is 4.53. The number of nitrogens with one attached hydrogen (secondary N) is 1. The zero-order valence-corrected chi connectivity index (χ0v) is 12.6. The maximum absolute atomic E-state index is 3.63. The van der Waals surface area contributed by atoms with Crippen molar-refractivity contribution >= 4 is 0 Å². The average molecular weight is 257 g/mol. The van der Waals surface area contributed by atoms with Crippen LogP contribution < -0.4 is 5.32 Å². The summed E-state index contributed by atoms with van der Waals surface area (Å²) in [5.41, 5.74) is 4.60. The number of benzene rings is 1. The average Bonchev–Trinajstić information content (AvgIpc) is 3.06. The first-order valence-electron chi connectivity index (χ1n) is 8.05. The third-order valence-corrected chi connectivity index (χ3v) is 5.40. The first kappa shape index (κ1) is 13.2. The first-order chi connectivity index (χ1) is 9.26. The molecule has 1 aromatic rings. The maximum Gasteiger partial charge on any atom is 0.0349 e. The molecule has 0 radical (unpaired) electrons. The third kappa shape index (κ3) is 2.45. The number of rotatable bonds is 5. The number of fused-ring (bicyclic) bond motifs is 1. The lowest BCUT2D eigenvalue weighted by Crippen LogP contribution is -2.25. The Balaban J connectivity index is 1.88. The van der Waals surface area contributed by atoms with Crippen LogP contribution in [-0.2, 0) is 12.8 Å². The van der Waals surface area contributed by atoms with E-state index in [1.165, 1.54) is 30.4 Å². The number of aryl methyl sites for hydroxylation is 2. The van der Waals surface area contributed by atoms with Crippen LogP contribution in [0.4, 0.5) is 0 Å². The Bertz CT molecular complexity index is 441. The molecule has 19 heavy (non-hydrogen) atoms. The molecule has 1 nitrogen and oxygen atoms in total. The predicted octanol–water partition coefficient (Wildman–Crippen LogP) is 4.12. The predicted molar refractivity (Wildman–Crippen MR) is 81.3 cm³/mol. The van der Waals surface area contributed by atoms with E-state index < -0.39 is 0 Å². The van der Waals surface area contributed by atoms with Crippen molar-refractivity contribution in [1.29, 1.82) is 0 Å². The first-order valence-corrected chi connectivity index (χ1v) is 8.05. The van der Waals surface area contributed by atoms with E-state index >= 15 is 0 Å². The molecule has 0 saturated heterocycles. The van der Waals surface area contributed by atoms with Gasteiger partial charge < -0.3 is 5.32 Å². The fourth-order valence-corrected chi connectivity index (χ4v) is 4.15. The second-order valence-corrected chi connectivity index (χ2v) is 6.49. The molecule has 1 heteroatoms. The Hall–Kier alpha value is -0.820. The molecule has 0 heterocycles. The van der Waals surface area contributed by atoms with Crippen LogP contribution >= 0.6 is 0 Å². The second-order valence-electron chi connectivity index (χ2n) is 6.49. The quantitative estimate of drug-likeness (QED) is 0.836. The molecule has 104 valence electrons. The van der Waals surface area contributed by atoms with Crippen LogP contribution in [0.1, 0.15) is 55.8 Å². The third-order valence-electron chi connectivity index (χ3n) is 5.40. The van der Waals surface area contributed by atoms with E-state index in [4.69, 9.17) is 0 Å². The molecule has 1 aromatic carbocycles. The Morgan fingerprint density at radius 1 is 1.11 bits per heavy atom. The molecule has 3 atom stereocenters. The van der Waals surface area contributed by atoms with Gasteiger partial charge in [-0.25, -0.2) is 0 Å². The van der Waals surface area contributed by atoms with Crippen molar-refractivity contribution in [2.45, 2.75) is 52.0 Å². The fraction of sp³-hybridized carbons (Fsp3) is 0.667. The van der Waals surface area contributed by atoms with E-state index in [1.807, 2.05) is 0 Å². The molecule has 1 N–H and O–H groups in total. The van der Waals surface area contributed by atoms with Crippen LogP contribution in [0.5, 0.6) is 0 Å². The summed E-state index contributed by atoms with van der Waals surface area (Å²) >= 11 is 0. The van der Waals surface area contributed by atoms with Gasteiger partial charge in [-0.2, -0.15) is 0 Å². The van der Waals surface area contributed by atoms with Gasteiger partial charge >= 0.3 is 0 Å². The van der Waals surface area contributed by atoms with Crippen LogP contribution in [0.2, 0.25) is 0 Å². The van der Waals surface area contributed by atoms with Crippen molar-refractivity contribution in [3.63, 3.8) is 0 Å². The summed E-state index contributed by atoms with van der Waals surface area (Å²) in [7, 11) is 2.15. The summed E-state index contributed by atoms with van der Waals surface area (Å²) < 4.78 is 0. The largest absolute Gasteiger partial charge is 0.313 e. The lowest BCUT2D eigenvalue weighted by Gasteiger charge is -2.27. The van der Waals surface area contributed by atoms with Gasteiger partial charge in [0.05, 0.1) is 0 Å². The Kier molecular flexibility index (Phi) is 3.66. The van der Waals surface area contributed by atoms with Gasteiger partial charge in [-0.1, -0.05) is 32.0 Å². The van der Waals surface area contributed by atoms with Crippen molar-refractivity contribution < 1.29 is 0 Å². The van der Waals surface area contributed by atoms with E-state index in [1.54, 1.807) is 5.56 Å². The van der Waals surface area contributed by atoms with Crippen molar-refractivity contribution in [3.8, 4) is 0 Å². The molecule has 3 unspecified atom stereocenters. The highest BCUT2D eigenvalue weighted by Crippen LogP contribution is 2.57. The van der Waals surface area contributed by atoms with Gasteiger partial charge in [-0.3, -0.25) is 0 Å². The van der Waals surface area contributed by atoms with Crippen LogP contribution in [0, 0.1) is 17.8 Å². The lowest BCUT2D eigenvalue weighted by molar-refractivity contribution is 0.358. The Morgan fingerprint density at radius 3 is 2.42 bits per heavy atom. The minimum Gasteiger partial charge on any atom is -0.313 e. The van der Waals surface area contributed by atoms with Gasteiger partial charge in [0, 0.05) is 6.04 Å². The molecule has 2 fully saturated rings. The van der Waals surface area contributed by atoms with E-state index in [2.05, 4.69) is 44.4 Å². The summed E-state index contributed by atoms with van der Waals surface area (Å²) in [6.07, 6.45) is 6.72. The molecule has 0 aromatic heterocycles. The molecule has 0 bridgehead atoms. The van der Waals surface area contributed by atoms with E-state index in [0.717, 1.165) is 30.6 Å². The molecule has 3 rings (SSSR count). The Labute approximate surface area is 117 Å². The van der Waals surface area contributed by atoms with Crippen LogP contribution in [0.25, 0.3) is 0 Å². The maximum atomic E-state index is 3.63. The molecular formula is C18H27N. The fourth-order valence-electron chi connectivity index (χ4n) is 4.15. The van der Waals surface area contributed by atoms with Gasteiger partial charge in [-0.05, 0) is 73.6 Å². The zero-order valence-electron chi connectivity index (χ0n) is 12.6. The second kappa shape index (κ2) is 5.28. The summed E-state index contributed by atoms with van der Waals surface area (Å²) in [5.74, 6) is 3.01. The topological polar surface area (TPSA) is 12.0 Å². The highest BCUT2D eigenvalue weighted by atomic mass is 14.9. The van der Waals surface area contributed by atoms with E-state index in [9.17, 15) is 0 Å². The molecule has 2 saturated carbocycles. The van der Waals surface area contributed by atoms with Crippen molar-refractivity contribution in [3.05, 3.63) is 34.9 Å². The molecule has 0 spiro atoms. The standard InChI is InChI=1S/C18H27N/c1-4-12-6-7-13(5-2)17(8-12)18(19-3)16-10-14-9-15(14)11-16/h6-8,14-16,18-19H,4-5,9-11H2,1-3H3. The van der Waals surface area contributed by atoms with Gasteiger partial charge in [0.2, 0.25) is 0 Å². The number of hydrogen-bond acceptors (Lipinski definition) is 1. The minimum atomic E-state index is 0.578. The van der Waals surface area contributed by atoms with Gasteiger partial charge in [0.1, 0.15) is 0 Å². The normalized spacial score (nSPS) is 30.2. The molecule has 2 aliphatic rings. The van der Waals surface area contributed by atoms with E-state index in [-0.39, 0.29) is 0 Å². The van der Waals surface area contributed by atoms with Gasteiger partial charge in [-0.15, -0.1) is 0 Å². The lowest BCUT2D eigenvalue weighted by atomic mass is 9.85. The monoisotopic (exact) mass is 257 g/mol. The highest BCUT2D eigenvalue weighted by molar-refractivity contribution is 5.35. The number of hydrogen-bond donors (Lipinski definition) is 1. The van der Waals surface area contributed by atoms with Crippen LogP contribution in [-0.4, -0.2) is 7.05 Å². The highest BCUT2D eigenvalue weighted by Gasteiger charge is 2.48.